The molecule has 5 rings (SSSR count). The summed E-state index contributed by atoms with van der Waals surface area (Å²) in [5.41, 5.74) is 5.10. The molecule has 5 aromatic rings. The van der Waals surface area contributed by atoms with Gasteiger partial charge in [-0.3, -0.25) is 19.7 Å². The third-order valence-electron chi connectivity index (χ3n) is 5.58. The number of aromatic amines is 1. The van der Waals surface area contributed by atoms with Crippen LogP contribution in [0.5, 0.6) is 0 Å². The summed E-state index contributed by atoms with van der Waals surface area (Å²) < 4.78 is 0. The molecular weight excluding hydrogens is 436 g/mol. The van der Waals surface area contributed by atoms with E-state index < -0.39 is 0 Å². The van der Waals surface area contributed by atoms with E-state index in [0.717, 1.165) is 27.7 Å². The molecule has 3 aromatic carbocycles. The molecule has 6 heteroatoms. The number of H-pyrrole nitrogens is 1. The first-order valence-corrected chi connectivity index (χ1v) is 11.2. The van der Waals surface area contributed by atoms with Crippen LogP contribution in [0.3, 0.4) is 0 Å². The van der Waals surface area contributed by atoms with Gasteiger partial charge >= 0.3 is 0 Å². The maximum absolute atomic E-state index is 13.2. The van der Waals surface area contributed by atoms with Gasteiger partial charge in [0.2, 0.25) is 5.91 Å². The van der Waals surface area contributed by atoms with Gasteiger partial charge in [0.25, 0.3) is 0 Å². The Morgan fingerprint density at radius 2 is 1.71 bits per heavy atom. The number of pyridine rings is 1. The molecule has 0 aliphatic carbocycles. The topological polar surface area (TPSA) is 87.7 Å². The van der Waals surface area contributed by atoms with Crippen molar-refractivity contribution in [2.24, 2.45) is 0 Å². The van der Waals surface area contributed by atoms with Crippen molar-refractivity contribution in [2.75, 3.05) is 5.32 Å². The first kappa shape index (κ1) is 22.0. The van der Waals surface area contributed by atoms with Crippen LogP contribution in [0.1, 0.15) is 32.7 Å². The summed E-state index contributed by atoms with van der Waals surface area (Å²) >= 11 is 0. The molecule has 2 heterocycles. The van der Waals surface area contributed by atoms with Crippen molar-refractivity contribution in [1.82, 2.24) is 15.2 Å². The fraction of sp³-hybridized carbons (Fsp3) is 0.0345. The van der Waals surface area contributed by atoms with Crippen LogP contribution in [-0.4, -0.2) is 26.9 Å². The molecule has 0 atom stereocenters. The van der Waals surface area contributed by atoms with Crippen molar-refractivity contribution in [1.29, 1.82) is 0 Å². The molecule has 0 aliphatic rings. The Hall–Kier alpha value is -4.84. The first-order chi connectivity index (χ1) is 17.2. The molecule has 2 aromatic heterocycles. The number of hydrogen-bond acceptors (Lipinski definition) is 4. The highest BCUT2D eigenvalue weighted by molar-refractivity contribution is 6.11. The predicted octanol–water partition coefficient (Wildman–Crippen LogP) is 5.54. The van der Waals surface area contributed by atoms with Gasteiger partial charge in [0, 0.05) is 34.6 Å². The molecule has 0 radical (unpaired) electrons. The van der Waals surface area contributed by atoms with Gasteiger partial charge in [0.1, 0.15) is 0 Å². The lowest BCUT2D eigenvalue weighted by atomic mass is 10.0. The van der Waals surface area contributed by atoms with Crippen LogP contribution in [0.4, 0.5) is 5.69 Å². The highest BCUT2D eigenvalue weighted by Gasteiger charge is 2.13. The molecular formula is C29H22N4O2. The van der Waals surface area contributed by atoms with Gasteiger partial charge in [0.05, 0.1) is 17.6 Å². The summed E-state index contributed by atoms with van der Waals surface area (Å²) in [5.74, 6) is -0.302. The van der Waals surface area contributed by atoms with E-state index in [1.54, 1.807) is 54.9 Å². The lowest BCUT2D eigenvalue weighted by molar-refractivity contribution is -0.115. The number of carbonyl (C=O) groups is 2. The largest absolute Gasteiger partial charge is 0.326 e. The second kappa shape index (κ2) is 9.97. The minimum absolute atomic E-state index is 0.133. The van der Waals surface area contributed by atoms with E-state index in [-0.39, 0.29) is 18.1 Å². The molecule has 2 N–H and O–H groups in total. The fourth-order valence-corrected chi connectivity index (χ4v) is 3.85. The van der Waals surface area contributed by atoms with E-state index >= 15 is 0 Å². The van der Waals surface area contributed by atoms with Gasteiger partial charge in [0.15, 0.2) is 5.78 Å². The van der Waals surface area contributed by atoms with Gasteiger partial charge in [-0.05, 0) is 47.5 Å². The Kier molecular flexibility index (Phi) is 6.26. The second-order valence-electron chi connectivity index (χ2n) is 8.11. The van der Waals surface area contributed by atoms with Crippen LogP contribution < -0.4 is 5.32 Å². The Morgan fingerprint density at radius 3 is 2.54 bits per heavy atom. The number of hydrogen-bond donors (Lipinski definition) is 2. The van der Waals surface area contributed by atoms with Crippen LogP contribution in [-0.2, 0) is 11.2 Å². The van der Waals surface area contributed by atoms with Crippen LogP contribution >= 0.6 is 0 Å². The third-order valence-corrected chi connectivity index (χ3v) is 5.58. The van der Waals surface area contributed by atoms with Gasteiger partial charge in [-0.15, -0.1) is 0 Å². The monoisotopic (exact) mass is 458 g/mol. The maximum atomic E-state index is 13.2. The molecule has 0 saturated heterocycles. The molecule has 170 valence electrons. The molecule has 6 nitrogen and oxygen atoms in total. The molecule has 0 aliphatic heterocycles. The summed E-state index contributed by atoms with van der Waals surface area (Å²) in [5, 5.41) is 11.2. The zero-order valence-electron chi connectivity index (χ0n) is 18.8. The number of nitrogens with one attached hydrogen (secondary N) is 2. The molecule has 0 saturated carbocycles. The molecule has 0 bridgehead atoms. The van der Waals surface area contributed by atoms with Gasteiger partial charge in [-0.2, -0.15) is 5.10 Å². The van der Waals surface area contributed by atoms with Crippen LogP contribution in [0.2, 0.25) is 0 Å². The van der Waals surface area contributed by atoms with E-state index in [1.807, 2.05) is 54.6 Å². The predicted molar refractivity (Wildman–Crippen MR) is 138 cm³/mol. The minimum Gasteiger partial charge on any atom is -0.326 e. The molecule has 0 unspecified atom stereocenters. The van der Waals surface area contributed by atoms with Crippen molar-refractivity contribution < 1.29 is 9.59 Å². The van der Waals surface area contributed by atoms with Crippen molar-refractivity contribution in [2.45, 2.75) is 6.42 Å². The van der Waals surface area contributed by atoms with Crippen molar-refractivity contribution in [3.8, 4) is 0 Å². The zero-order valence-corrected chi connectivity index (χ0v) is 18.8. The average molecular weight is 459 g/mol. The number of ketones is 1. The van der Waals surface area contributed by atoms with Crippen LogP contribution in [0, 0.1) is 0 Å². The van der Waals surface area contributed by atoms with E-state index in [1.165, 1.54) is 0 Å². The standard InChI is InChI=1S/C29H22N4O2/c34-28(16-21-8-5-15-30-19-21)31-24-10-4-9-22(17-24)29(35)23-12-13-25-26(32-33-27(25)18-23)14-11-20-6-2-1-3-7-20/h1-15,17-19H,16H2,(H,31,34)(H,32,33)/b14-11+. The maximum Gasteiger partial charge on any atom is 0.228 e. The first-order valence-electron chi connectivity index (χ1n) is 11.2. The van der Waals surface area contributed by atoms with E-state index in [2.05, 4.69) is 20.5 Å². The van der Waals surface area contributed by atoms with Gasteiger partial charge in [-0.1, -0.05) is 60.7 Å². The second-order valence-corrected chi connectivity index (χ2v) is 8.11. The lowest BCUT2D eigenvalue weighted by Crippen LogP contribution is -2.15. The number of aromatic nitrogens is 3. The highest BCUT2D eigenvalue weighted by Crippen LogP contribution is 2.22. The third kappa shape index (κ3) is 5.23. The van der Waals surface area contributed by atoms with Gasteiger partial charge < -0.3 is 5.32 Å². The normalized spacial score (nSPS) is 11.1. The van der Waals surface area contributed by atoms with Crippen LogP contribution in [0.15, 0.2) is 97.3 Å². The SMILES string of the molecule is O=C(Cc1cccnc1)Nc1cccc(C(=O)c2ccc3c(/C=C/c4ccccc4)n[nH]c3c2)c1. The summed E-state index contributed by atoms with van der Waals surface area (Å²) in [6, 6.07) is 26.1. The number of rotatable bonds is 7. The quantitative estimate of drug-likeness (QED) is 0.314. The number of amides is 1. The fourth-order valence-electron chi connectivity index (χ4n) is 3.85. The molecule has 1 amide bonds. The number of benzene rings is 3. The number of fused-ring (bicyclic) bond motifs is 1. The highest BCUT2D eigenvalue weighted by atomic mass is 16.1. The average Bonchev–Trinajstić information content (AvgIpc) is 3.30. The Labute approximate surface area is 202 Å². The van der Waals surface area contributed by atoms with E-state index in [9.17, 15) is 9.59 Å². The molecule has 0 spiro atoms. The van der Waals surface area contributed by atoms with Crippen molar-refractivity contribution in [3.63, 3.8) is 0 Å². The van der Waals surface area contributed by atoms with Gasteiger partial charge in [-0.25, -0.2) is 0 Å². The number of carbonyl (C=O) groups excluding carboxylic acids is 2. The summed E-state index contributed by atoms with van der Waals surface area (Å²) in [6.45, 7) is 0. The minimum atomic E-state index is -0.169. The Balaban J connectivity index is 1.32. The Morgan fingerprint density at radius 1 is 0.857 bits per heavy atom. The summed E-state index contributed by atoms with van der Waals surface area (Å²) in [6.07, 6.45) is 7.49. The zero-order chi connectivity index (χ0) is 24.0. The number of anilines is 1. The Bertz CT molecular complexity index is 1520. The smallest absolute Gasteiger partial charge is 0.228 e. The van der Waals surface area contributed by atoms with Crippen molar-refractivity contribution in [3.05, 3.63) is 125 Å². The number of nitrogens with zero attached hydrogens (tertiary/aromatic N) is 2. The molecule has 0 fully saturated rings. The summed E-state index contributed by atoms with van der Waals surface area (Å²) in [4.78, 5) is 29.6. The lowest BCUT2D eigenvalue weighted by Gasteiger charge is -2.08. The molecule has 35 heavy (non-hydrogen) atoms. The summed E-state index contributed by atoms with van der Waals surface area (Å²) in [7, 11) is 0. The van der Waals surface area contributed by atoms with Crippen molar-refractivity contribution >= 4 is 40.4 Å². The van der Waals surface area contributed by atoms with Crippen LogP contribution in [0.25, 0.3) is 23.1 Å². The van der Waals surface area contributed by atoms with E-state index in [4.69, 9.17) is 0 Å². The van der Waals surface area contributed by atoms with E-state index in [0.29, 0.717) is 16.8 Å².